The number of nitrogens with one attached hydrogen (secondary N) is 3. The molecule has 3 aromatic rings. The highest BCUT2D eigenvalue weighted by molar-refractivity contribution is 6.30. The van der Waals surface area contributed by atoms with Crippen LogP contribution in [0.3, 0.4) is 0 Å². The molecule has 7 nitrogen and oxygen atoms in total. The van der Waals surface area contributed by atoms with Crippen LogP contribution in [0.4, 0.5) is 15.8 Å². The van der Waals surface area contributed by atoms with Gasteiger partial charge >= 0.3 is 5.97 Å². The van der Waals surface area contributed by atoms with Gasteiger partial charge in [0.15, 0.2) is 0 Å². The van der Waals surface area contributed by atoms with Gasteiger partial charge in [-0.1, -0.05) is 56.6 Å². The summed E-state index contributed by atoms with van der Waals surface area (Å²) in [5.41, 5.74) is 1.93. The predicted molar refractivity (Wildman–Crippen MR) is 154 cm³/mol. The van der Waals surface area contributed by atoms with Crippen LogP contribution in [-0.4, -0.2) is 42.7 Å². The lowest BCUT2D eigenvalue weighted by Gasteiger charge is -2.39. The Hall–Kier alpha value is -3.62. The van der Waals surface area contributed by atoms with E-state index in [4.69, 9.17) is 16.3 Å². The molecule has 2 heterocycles. The lowest BCUT2D eigenvalue weighted by molar-refractivity contribution is -0.118. The molecule has 1 spiro atoms. The summed E-state index contributed by atoms with van der Waals surface area (Å²) < 4.78 is 21.0. The topological polar surface area (TPSA) is 99.7 Å². The van der Waals surface area contributed by atoms with Gasteiger partial charge in [-0.3, -0.25) is 4.79 Å². The van der Waals surface area contributed by atoms with Gasteiger partial charge in [0.25, 0.3) is 0 Å². The maximum atomic E-state index is 15.6. The second-order valence-electron chi connectivity index (χ2n) is 11.8. The van der Waals surface area contributed by atoms with Crippen LogP contribution in [0.2, 0.25) is 5.02 Å². The first-order valence-corrected chi connectivity index (χ1v) is 13.6. The highest BCUT2D eigenvalue weighted by atomic mass is 35.5. The largest absolute Gasteiger partial charge is 0.495 e. The number of carboxylic acids is 1. The maximum Gasteiger partial charge on any atom is 0.335 e. The van der Waals surface area contributed by atoms with E-state index in [1.54, 1.807) is 18.2 Å². The predicted octanol–water partition coefficient (Wildman–Crippen LogP) is 6.05. The number of hydrogen-bond donors (Lipinski definition) is 4. The number of benzene rings is 3. The first-order chi connectivity index (χ1) is 18.9. The molecule has 4 atom stereocenters. The summed E-state index contributed by atoms with van der Waals surface area (Å²) in [7, 11) is 1.41. The average molecular weight is 566 g/mol. The molecule has 0 aliphatic carbocycles. The van der Waals surface area contributed by atoms with E-state index >= 15 is 4.39 Å². The third-order valence-electron chi connectivity index (χ3n) is 7.99. The summed E-state index contributed by atoms with van der Waals surface area (Å²) in [6, 6.07) is 15.6. The van der Waals surface area contributed by atoms with Crippen molar-refractivity contribution in [2.75, 3.05) is 24.3 Å². The average Bonchev–Trinajstić information content (AvgIpc) is 3.42. The number of rotatable bonds is 6. The quantitative estimate of drug-likeness (QED) is 0.290. The SMILES string of the molecule is COc1cc(C(=O)O)ccc1NC(=O)[C@@H]1N[C@@H](CC(C)(C)C)[C@@]2(CNc3cc(Cl)ccc32)[C@H]1c1ccccc1F. The molecule has 0 bridgehead atoms. The van der Waals surface area contributed by atoms with E-state index in [2.05, 4.69) is 36.7 Å². The van der Waals surface area contributed by atoms with E-state index in [9.17, 15) is 14.7 Å². The molecule has 1 fully saturated rings. The number of carbonyl (C=O) groups excluding carboxylic acids is 1. The van der Waals surface area contributed by atoms with Gasteiger partial charge in [-0.2, -0.15) is 0 Å². The summed E-state index contributed by atoms with van der Waals surface area (Å²) in [6.45, 7) is 6.94. The van der Waals surface area contributed by atoms with Crippen molar-refractivity contribution in [3.05, 3.63) is 88.2 Å². The Morgan fingerprint density at radius 3 is 2.58 bits per heavy atom. The van der Waals surface area contributed by atoms with Crippen molar-refractivity contribution >= 4 is 34.9 Å². The molecule has 0 radical (unpaired) electrons. The third kappa shape index (κ3) is 4.90. The van der Waals surface area contributed by atoms with Crippen molar-refractivity contribution < 1.29 is 23.8 Å². The van der Waals surface area contributed by atoms with Crippen LogP contribution >= 0.6 is 11.6 Å². The summed E-state index contributed by atoms with van der Waals surface area (Å²) in [5.74, 6) is -2.20. The molecule has 3 aromatic carbocycles. The van der Waals surface area contributed by atoms with Crippen LogP contribution in [-0.2, 0) is 10.2 Å². The van der Waals surface area contributed by atoms with Crippen molar-refractivity contribution in [2.24, 2.45) is 5.41 Å². The summed E-state index contributed by atoms with van der Waals surface area (Å²) in [5, 5.41) is 20.0. The number of ether oxygens (including phenoxy) is 1. The van der Waals surface area contributed by atoms with Crippen LogP contribution in [0.1, 0.15) is 54.6 Å². The Kier molecular flexibility index (Phi) is 7.27. The van der Waals surface area contributed by atoms with Gasteiger partial charge in [-0.15, -0.1) is 0 Å². The summed E-state index contributed by atoms with van der Waals surface area (Å²) in [4.78, 5) is 25.6. The zero-order valence-electron chi connectivity index (χ0n) is 22.8. The molecule has 40 heavy (non-hydrogen) atoms. The number of carbonyl (C=O) groups is 2. The molecule has 0 unspecified atom stereocenters. The highest BCUT2D eigenvalue weighted by Gasteiger charge is 2.61. The number of halogens is 2. The normalized spacial score (nSPS) is 23.5. The molecular weight excluding hydrogens is 533 g/mol. The smallest absolute Gasteiger partial charge is 0.335 e. The van der Waals surface area contributed by atoms with Gasteiger partial charge in [-0.25, -0.2) is 9.18 Å². The van der Waals surface area contributed by atoms with Crippen LogP contribution in [0.15, 0.2) is 60.7 Å². The van der Waals surface area contributed by atoms with E-state index in [1.807, 2.05) is 18.2 Å². The van der Waals surface area contributed by atoms with Crippen molar-refractivity contribution in [3.8, 4) is 5.75 Å². The van der Waals surface area contributed by atoms with E-state index in [0.717, 1.165) is 17.7 Å². The van der Waals surface area contributed by atoms with E-state index in [0.29, 0.717) is 22.8 Å². The fraction of sp³-hybridized carbons (Fsp3) is 0.355. The maximum absolute atomic E-state index is 15.6. The first kappa shape index (κ1) is 27.9. The van der Waals surface area contributed by atoms with Crippen molar-refractivity contribution in [1.29, 1.82) is 0 Å². The third-order valence-corrected chi connectivity index (χ3v) is 8.23. The lowest BCUT2D eigenvalue weighted by atomic mass is 9.63. The Balaban J connectivity index is 1.64. The van der Waals surface area contributed by atoms with Gasteiger partial charge in [0.1, 0.15) is 11.6 Å². The van der Waals surface area contributed by atoms with Gasteiger partial charge in [-0.05, 0) is 59.4 Å². The monoisotopic (exact) mass is 565 g/mol. The fourth-order valence-corrected chi connectivity index (χ4v) is 6.54. The Morgan fingerprint density at radius 2 is 1.90 bits per heavy atom. The number of carboxylic acid groups (broad SMARTS) is 1. The number of fused-ring (bicyclic) bond motifs is 2. The number of methoxy groups -OCH3 is 1. The van der Waals surface area contributed by atoms with Crippen LogP contribution < -0.4 is 20.7 Å². The van der Waals surface area contributed by atoms with Crippen molar-refractivity contribution in [3.63, 3.8) is 0 Å². The van der Waals surface area contributed by atoms with Crippen molar-refractivity contribution in [2.45, 2.75) is 50.6 Å². The lowest BCUT2D eigenvalue weighted by Crippen LogP contribution is -2.46. The second kappa shape index (κ2) is 10.4. The van der Waals surface area contributed by atoms with Gasteiger partial charge in [0.2, 0.25) is 5.91 Å². The molecule has 1 saturated heterocycles. The van der Waals surface area contributed by atoms with E-state index in [-0.39, 0.29) is 34.5 Å². The van der Waals surface area contributed by atoms with E-state index < -0.39 is 23.3 Å². The van der Waals surface area contributed by atoms with Gasteiger partial charge < -0.3 is 25.8 Å². The zero-order valence-corrected chi connectivity index (χ0v) is 23.6. The van der Waals surface area contributed by atoms with Gasteiger partial charge in [0.05, 0.1) is 24.4 Å². The molecule has 1 amide bonds. The van der Waals surface area contributed by atoms with Crippen molar-refractivity contribution in [1.82, 2.24) is 5.32 Å². The number of amides is 1. The summed E-state index contributed by atoms with van der Waals surface area (Å²) >= 11 is 6.34. The number of aromatic carboxylic acids is 1. The van der Waals surface area contributed by atoms with Gasteiger partial charge in [0, 0.05) is 34.6 Å². The molecule has 2 aliphatic rings. The molecular formula is C31H33ClFN3O4. The number of anilines is 2. The molecule has 0 aromatic heterocycles. The Morgan fingerprint density at radius 1 is 1.15 bits per heavy atom. The van der Waals surface area contributed by atoms with Crippen LogP contribution in [0.25, 0.3) is 0 Å². The van der Waals surface area contributed by atoms with E-state index in [1.165, 1.54) is 31.4 Å². The Bertz CT molecular complexity index is 1470. The van der Waals surface area contributed by atoms with Crippen LogP contribution in [0.5, 0.6) is 5.75 Å². The minimum Gasteiger partial charge on any atom is -0.495 e. The molecule has 9 heteroatoms. The summed E-state index contributed by atoms with van der Waals surface area (Å²) in [6.07, 6.45) is 0.724. The second-order valence-corrected chi connectivity index (χ2v) is 12.2. The molecule has 2 aliphatic heterocycles. The molecule has 0 saturated carbocycles. The zero-order chi connectivity index (χ0) is 28.8. The van der Waals surface area contributed by atoms with Crippen LogP contribution in [0, 0.1) is 11.2 Å². The Labute approximate surface area is 238 Å². The highest BCUT2D eigenvalue weighted by Crippen LogP contribution is 2.56. The molecule has 210 valence electrons. The minimum atomic E-state index is -1.10. The fourth-order valence-electron chi connectivity index (χ4n) is 6.37. The first-order valence-electron chi connectivity index (χ1n) is 13.2. The number of hydrogen-bond acceptors (Lipinski definition) is 5. The standard InChI is InChI=1S/C31H33ClFN3O4/c1-30(2,3)15-25-31(16-34-23-14-18(32)10-11-20(23)31)26(19-7-5-6-8-21(19)33)27(36-25)28(37)35-22-12-9-17(29(38)39)13-24(22)40-4/h5-14,25-27,34,36H,15-16H2,1-4H3,(H,35,37)(H,38,39)/t25-,26-,27+,31-/m0/s1. The molecule has 4 N–H and O–H groups in total. The molecule has 5 rings (SSSR count). The minimum absolute atomic E-state index is 0.0366.